The highest BCUT2D eigenvalue weighted by Crippen LogP contribution is 2.38. The standard InChI is InChI=1S/C18H23ClN4O4/c19-12-2-1-3-13-18(12)27-9-6-23(13)17(25)10-14-20-15(11-16(24)21-14)22-4-7-26-8-5-22/h1-3,14-15,20H,4-11H2,(H,21,24). The normalized spacial score (nSPS) is 26.1. The second-order valence-electron chi connectivity index (χ2n) is 6.84. The second-order valence-corrected chi connectivity index (χ2v) is 7.25. The van der Waals surface area contributed by atoms with Crippen LogP contribution in [0.3, 0.4) is 0 Å². The van der Waals surface area contributed by atoms with Crippen molar-refractivity contribution in [1.82, 2.24) is 15.5 Å². The Bertz CT molecular complexity index is 725. The van der Waals surface area contributed by atoms with Crippen molar-refractivity contribution >= 4 is 29.1 Å². The van der Waals surface area contributed by atoms with E-state index in [0.29, 0.717) is 49.2 Å². The first-order valence-electron chi connectivity index (χ1n) is 9.21. The third-order valence-corrected chi connectivity index (χ3v) is 5.37. The Hall–Kier alpha value is -1.87. The number of rotatable bonds is 3. The van der Waals surface area contributed by atoms with E-state index in [-0.39, 0.29) is 24.4 Å². The monoisotopic (exact) mass is 394 g/mol. The number of morpholine rings is 1. The highest BCUT2D eigenvalue weighted by Gasteiger charge is 2.33. The van der Waals surface area contributed by atoms with E-state index in [1.807, 2.05) is 6.07 Å². The Kier molecular flexibility index (Phi) is 5.49. The van der Waals surface area contributed by atoms with Gasteiger partial charge in [0.15, 0.2) is 5.75 Å². The lowest BCUT2D eigenvalue weighted by molar-refractivity contribution is -0.128. The number of para-hydroxylation sites is 1. The molecule has 2 amide bonds. The Morgan fingerprint density at radius 3 is 2.85 bits per heavy atom. The molecule has 9 heteroatoms. The number of hydrogen-bond donors (Lipinski definition) is 2. The van der Waals surface area contributed by atoms with Crippen LogP contribution in [0.25, 0.3) is 0 Å². The van der Waals surface area contributed by atoms with Gasteiger partial charge in [0.25, 0.3) is 0 Å². The van der Waals surface area contributed by atoms with Crippen LogP contribution in [-0.4, -0.2) is 68.5 Å². The van der Waals surface area contributed by atoms with Gasteiger partial charge in [-0.15, -0.1) is 0 Å². The predicted octanol–water partition coefficient (Wildman–Crippen LogP) is 0.549. The number of halogens is 1. The predicted molar refractivity (Wildman–Crippen MR) is 99.8 cm³/mol. The molecule has 2 unspecified atom stereocenters. The van der Waals surface area contributed by atoms with Crippen molar-refractivity contribution in [2.75, 3.05) is 44.4 Å². The lowest BCUT2D eigenvalue weighted by Crippen LogP contribution is -2.64. The summed E-state index contributed by atoms with van der Waals surface area (Å²) in [5.74, 6) is 0.404. The van der Waals surface area contributed by atoms with Gasteiger partial charge in [0.2, 0.25) is 11.8 Å². The van der Waals surface area contributed by atoms with Crippen molar-refractivity contribution in [3.05, 3.63) is 23.2 Å². The molecule has 0 spiro atoms. The number of fused-ring (bicyclic) bond motifs is 1. The van der Waals surface area contributed by atoms with Gasteiger partial charge in [0, 0.05) is 13.1 Å². The van der Waals surface area contributed by atoms with Crippen LogP contribution in [0.2, 0.25) is 5.02 Å². The summed E-state index contributed by atoms with van der Waals surface area (Å²) in [6.45, 7) is 3.73. The van der Waals surface area contributed by atoms with Gasteiger partial charge < -0.3 is 19.7 Å². The topological polar surface area (TPSA) is 83.1 Å². The Labute approximate surface area is 162 Å². The first kappa shape index (κ1) is 18.5. The Morgan fingerprint density at radius 2 is 2.04 bits per heavy atom. The largest absolute Gasteiger partial charge is 0.488 e. The first-order chi connectivity index (χ1) is 13.1. The number of carbonyl (C=O) groups is 2. The fraction of sp³-hybridized carbons (Fsp3) is 0.556. The number of hydrogen-bond acceptors (Lipinski definition) is 6. The summed E-state index contributed by atoms with van der Waals surface area (Å²) >= 11 is 6.18. The quantitative estimate of drug-likeness (QED) is 0.779. The van der Waals surface area contributed by atoms with Crippen LogP contribution in [0.1, 0.15) is 12.8 Å². The maximum atomic E-state index is 12.9. The average molecular weight is 395 g/mol. The molecule has 0 aromatic heterocycles. The van der Waals surface area contributed by atoms with Gasteiger partial charge in [-0.3, -0.25) is 19.8 Å². The molecule has 3 heterocycles. The molecule has 8 nitrogen and oxygen atoms in total. The molecule has 0 bridgehead atoms. The van der Waals surface area contributed by atoms with Gasteiger partial charge in [-0.1, -0.05) is 17.7 Å². The van der Waals surface area contributed by atoms with Gasteiger partial charge in [0.05, 0.1) is 55.6 Å². The number of anilines is 1. The summed E-state index contributed by atoms with van der Waals surface area (Å²) in [5.41, 5.74) is 0.672. The molecular formula is C18H23ClN4O4. The second kappa shape index (κ2) is 8.02. The smallest absolute Gasteiger partial charge is 0.230 e. The number of carbonyl (C=O) groups excluding carboxylic acids is 2. The molecule has 0 aliphatic carbocycles. The molecule has 1 aromatic carbocycles. The van der Waals surface area contributed by atoms with Gasteiger partial charge in [-0.25, -0.2) is 0 Å². The van der Waals surface area contributed by atoms with Crippen LogP contribution < -0.4 is 20.3 Å². The third kappa shape index (κ3) is 4.03. The molecule has 2 atom stereocenters. The minimum atomic E-state index is -0.405. The van der Waals surface area contributed by atoms with Gasteiger partial charge >= 0.3 is 0 Å². The van der Waals surface area contributed by atoms with Crippen LogP contribution in [0.15, 0.2) is 18.2 Å². The SMILES string of the molecule is O=C1CC(N2CCOCC2)NC(CC(=O)N2CCOc3c(Cl)cccc32)N1. The van der Waals surface area contributed by atoms with Crippen molar-refractivity contribution in [2.24, 2.45) is 0 Å². The Morgan fingerprint density at radius 1 is 1.22 bits per heavy atom. The molecule has 2 fully saturated rings. The van der Waals surface area contributed by atoms with Gasteiger partial charge in [-0.2, -0.15) is 0 Å². The maximum absolute atomic E-state index is 12.9. The summed E-state index contributed by atoms with van der Waals surface area (Å²) in [4.78, 5) is 29.0. The lowest BCUT2D eigenvalue weighted by Gasteiger charge is -2.40. The lowest BCUT2D eigenvalue weighted by atomic mass is 10.1. The zero-order valence-corrected chi connectivity index (χ0v) is 15.7. The minimum absolute atomic E-state index is 0.0477. The van der Waals surface area contributed by atoms with E-state index in [1.54, 1.807) is 17.0 Å². The summed E-state index contributed by atoms with van der Waals surface area (Å²) in [6, 6.07) is 5.36. The zero-order valence-electron chi connectivity index (χ0n) is 14.9. The summed E-state index contributed by atoms with van der Waals surface area (Å²) in [5, 5.41) is 6.76. The molecular weight excluding hydrogens is 372 g/mol. The van der Waals surface area contributed by atoms with Crippen molar-refractivity contribution in [3.63, 3.8) is 0 Å². The van der Waals surface area contributed by atoms with Gasteiger partial charge in [0.1, 0.15) is 6.61 Å². The highest BCUT2D eigenvalue weighted by molar-refractivity contribution is 6.32. The van der Waals surface area contributed by atoms with Crippen molar-refractivity contribution in [3.8, 4) is 5.75 Å². The number of amides is 2. The third-order valence-electron chi connectivity index (χ3n) is 5.07. The van der Waals surface area contributed by atoms with Crippen LogP contribution in [0, 0.1) is 0 Å². The molecule has 146 valence electrons. The van der Waals surface area contributed by atoms with Crippen molar-refractivity contribution in [2.45, 2.75) is 25.2 Å². The Balaban J connectivity index is 1.43. The molecule has 3 aliphatic rings. The number of benzene rings is 1. The van der Waals surface area contributed by atoms with E-state index >= 15 is 0 Å². The number of ether oxygens (including phenoxy) is 2. The number of nitrogens with one attached hydrogen (secondary N) is 2. The van der Waals surface area contributed by atoms with Crippen LogP contribution in [0.5, 0.6) is 5.75 Å². The minimum Gasteiger partial charge on any atom is -0.488 e. The molecule has 27 heavy (non-hydrogen) atoms. The zero-order chi connectivity index (χ0) is 18.8. The van der Waals surface area contributed by atoms with Gasteiger partial charge in [-0.05, 0) is 12.1 Å². The average Bonchev–Trinajstić information content (AvgIpc) is 2.68. The van der Waals surface area contributed by atoms with Crippen LogP contribution in [0.4, 0.5) is 5.69 Å². The first-order valence-corrected chi connectivity index (χ1v) is 9.58. The van der Waals surface area contributed by atoms with Crippen molar-refractivity contribution in [1.29, 1.82) is 0 Å². The fourth-order valence-corrected chi connectivity index (χ4v) is 3.98. The fourth-order valence-electron chi connectivity index (χ4n) is 3.75. The van der Waals surface area contributed by atoms with E-state index in [4.69, 9.17) is 21.1 Å². The molecule has 0 saturated carbocycles. The van der Waals surface area contributed by atoms with E-state index < -0.39 is 6.17 Å². The molecule has 2 saturated heterocycles. The van der Waals surface area contributed by atoms with E-state index in [9.17, 15) is 9.59 Å². The molecule has 4 rings (SSSR count). The highest BCUT2D eigenvalue weighted by atomic mass is 35.5. The van der Waals surface area contributed by atoms with E-state index in [1.165, 1.54) is 0 Å². The van der Waals surface area contributed by atoms with Crippen LogP contribution >= 0.6 is 11.6 Å². The summed E-state index contributed by atoms with van der Waals surface area (Å²) in [7, 11) is 0. The van der Waals surface area contributed by atoms with E-state index in [2.05, 4.69) is 15.5 Å². The van der Waals surface area contributed by atoms with E-state index in [0.717, 1.165) is 13.1 Å². The van der Waals surface area contributed by atoms with Crippen molar-refractivity contribution < 1.29 is 19.1 Å². The maximum Gasteiger partial charge on any atom is 0.230 e. The summed E-state index contributed by atoms with van der Waals surface area (Å²) < 4.78 is 11.0. The molecule has 2 N–H and O–H groups in total. The number of nitrogens with zero attached hydrogens (tertiary/aromatic N) is 2. The molecule has 1 aromatic rings. The molecule has 3 aliphatic heterocycles. The summed E-state index contributed by atoms with van der Waals surface area (Å²) in [6.07, 6.45) is 0.0584. The molecule has 0 radical (unpaired) electrons. The van der Waals surface area contributed by atoms with Crippen LogP contribution in [-0.2, 0) is 14.3 Å².